The highest BCUT2D eigenvalue weighted by Crippen LogP contribution is 2.09. The Bertz CT molecular complexity index is 329. The molecule has 3 nitrogen and oxygen atoms in total. The molecule has 0 aliphatic carbocycles. The highest BCUT2D eigenvalue weighted by Gasteiger charge is 1.98. The van der Waals surface area contributed by atoms with Gasteiger partial charge in [0.05, 0.1) is 5.56 Å². The number of hydrogen-bond donors (Lipinski definition) is 0. The maximum absolute atomic E-state index is 10.4. The van der Waals surface area contributed by atoms with Crippen molar-refractivity contribution in [3.63, 3.8) is 0 Å². The first-order chi connectivity index (χ1) is 5.25. The van der Waals surface area contributed by atoms with E-state index in [-0.39, 0.29) is 10.5 Å². The van der Waals surface area contributed by atoms with E-state index in [0.29, 0.717) is 0 Å². The largest absolute Gasteiger partial charge is 0.768 e. The summed E-state index contributed by atoms with van der Waals surface area (Å²) in [5.74, 6) is 0. The second kappa shape index (κ2) is 3.28. The molecule has 0 saturated carbocycles. The topological polar surface area (TPSA) is 63.9 Å². The van der Waals surface area contributed by atoms with Crippen molar-refractivity contribution in [3.05, 3.63) is 29.8 Å². The third-order valence-electron chi connectivity index (χ3n) is 1.19. The molecule has 0 radical (unpaired) electrons. The predicted octanol–water partition coefficient (Wildman–Crippen LogP) is 0.796. The van der Waals surface area contributed by atoms with Gasteiger partial charge in [-0.15, -0.1) is 0 Å². The number of rotatable bonds is 1. The van der Waals surface area contributed by atoms with Gasteiger partial charge >= 0.3 is 0 Å². The third kappa shape index (κ3) is 1.64. The zero-order chi connectivity index (χ0) is 8.27. The maximum atomic E-state index is 10.4. The van der Waals surface area contributed by atoms with E-state index in [1.54, 1.807) is 18.2 Å². The molecule has 1 aromatic rings. The van der Waals surface area contributed by atoms with Crippen LogP contribution in [0.3, 0.4) is 0 Å². The van der Waals surface area contributed by atoms with Crippen molar-refractivity contribution >= 4 is 11.1 Å². The summed E-state index contributed by atoms with van der Waals surface area (Å²) in [6.45, 7) is 0. The lowest BCUT2D eigenvalue weighted by Crippen LogP contribution is -1.91. The molecule has 4 heteroatoms. The van der Waals surface area contributed by atoms with E-state index in [9.17, 15) is 8.76 Å². The van der Waals surface area contributed by atoms with Crippen LogP contribution in [0.5, 0.6) is 0 Å². The zero-order valence-electron chi connectivity index (χ0n) is 5.48. The number of nitriles is 1. The van der Waals surface area contributed by atoms with E-state index in [4.69, 9.17) is 5.26 Å². The molecular formula is C7H4NO2S-. The van der Waals surface area contributed by atoms with Crippen molar-refractivity contribution in [2.24, 2.45) is 0 Å². The summed E-state index contributed by atoms with van der Waals surface area (Å²) in [7, 11) is 0. The first kappa shape index (κ1) is 7.92. The lowest BCUT2D eigenvalue weighted by Gasteiger charge is -2.04. The van der Waals surface area contributed by atoms with Crippen molar-refractivity contribution in [1.82, 2.24) is 0 Å². The molecule has 11 heavy (non-hydrogen) atoms. The Balaban J connectivity index is 3.26. The van der Waals surface area contributed by atoms with Crippen LogP contribution < -0.4 is 0 Å². The summed E-state index contributed by atoms with van der Waals surface area (Å²) in [5, 5.41) is 8.44. The van der Waals surface area contributed by atoms with Crippen LogP contribution in [0.2, 0.25) is 0 Å². The molecule has 1 rings (SSSR count). The summed E-state index contributed by atoms with van der Waals surface area (Å²) >= 11 is -2.31. The van der Waals surface area contributed by atoms with Crippen molar-refractivity contribution in [2.45, 2.75) is 4.90 Å². The van der Waals surface area contributed by atoms with Crippen molar-refractivity contribution in [2.75, 3.05) is 0 Å². The Labute approximate surface area is 66.6 Å². The molecule has 1 aromatic carbocycles. The first-order valence-electron chi connectivity index (χ1n) is 2.84. The average Bonchev–Trinajstić information content (AvgIpc) is 2.04. The Hall–Kier alpha value is -1.18. The molecule has 0 spiro atoms. The van der Waals surface area contributed by atoms with E-state index in [0.717, 1.165) is 0 Å². The Morgan fingerprint density at radius 3 is 2.55 bits per heavy atom. The van der Waals surface area contributed by atoms with Crippen LogP contribution in [-0.4, -0.2) is 8.76 Å². The van der Waals surface area contributed by atoms with E-state index >= 15 is 0 Å². The highest BCUT2D eigenvalue weighted by molar-refractivity contribution is 7.79. The van der Waals surface area contributed by atoms with Gasteiger partial charge in [0.15, 0.2) is 0 Å². The normalized spacial score (nSPS) is 12.0. The van der Waals surface area contributed by atoms with Crippen LogP contribution >= 0.6 is 0 Å². The van der Waals surface area contributed by atoms with Gasteiger partial charge in [0.1, 0.15) is 6.07 Å². The van der Waals surface area contributed by atoms with E-state index in [1.165, 1.54) is 12.1 Å². The van der Waals surface area contributed by atoms with Gasteiger partial charge in [-0.2, -0.15) is 5.26 Å². The molecule has 56 valence electrons. The second-order valence-corrected chi connectivity index (χ2v) is 2.75. The highest BCUT2D eigenvalue weighted by atomic mass is 32.2. The fourth-order valence-corrected chi connectivity index (χ4v) is 1.19. The number of benzene rings is 1. The molecule has 0 aromatic heterocycles. The van der Waals surface area contributed by atoms with E-state index in [2.05, 4.69) is 0 Å². The zero-order valence-corrected chi connectivity index (χ0v) is 6.30. The summed E-state index contributed by atoms with van der Waals surface area (Å²) in [6.07, 6.45) is 0. The van der Waals surface area contributed by atoms with E-state index in [1.807, 2.05) is 0 Å². The molecule has 1 unspecified atom stereocenters. The fourth-order valence-electron chi connectivity index (χ4n) is 0.704. The van der Waals surface area contributed by atoms with Crippen molar-refractivity contribution < 1.29 is 8.76 Å². The van der Waals surface area contributed by atoms with Crippen molar-refractivity contribution in [1.29, 1.82) is 5.26 Å². The van der Waals surface area contributed by atoms with Gasteiger partial charge in [0.2, 0.25) is 0 Å². The monoisotopic (exact) mass is 166 g/mol. The minimum absolute atomic E-state index is 0.0509. The van der Waals surface area contributed by atoms with Gasteiger partial charge in [-0.25, -0.2) is 0 Å². The second-order valence-electron chi connectivity index (χ2n) is 1.84. The molecule has 0 aliphatic rings. The molecule has 0 amide bonds. The van der Waals surface area contributed by atoms with E-state index < -0.39 is 11.1 Å². The van der Waals surface area contributed by atoms with Gasteiger partial charge in [0.25, 0.3) is 0 Å². The van der Waals surface area contributed by atoms with Crippen LogP contribution in [0.15, 0.2) is 29.2 Å². The summed E-state index contributed by atoms with van der Waals surface area (Å²) in [5.41, 5.74) is 0.181. The SMILES string of the molecule is N#Cc1ccccc1S(=O)[O-]. The molecule has 0 saturated heterocycles. The van der Waals surface area contributed by atoms with Crippen LogP contribution in [-0.2, 0) is 11.1 Å². The summed E-state index contributed by atoms with van der Waals surface area (Å²) in [4.78, 5) is 0.0509. The smallest absolute Gasteiger partial charge is 0.100 e. The van der Waals surface area contributed by atoms with Crippen LogP contribution in [0.4, 0.5) is 0 Å². The first-order valence-corrected chi connectivity index (χ1v) is 3.91. The average molecular weight is 166 g/mol. The van der Waals surface area contributed by atoms with Gasteiger partial charge in [-0.05, 0) is 23.2 Å². The standard InChI is InChI=1S/C7H5NO2S/c8-5-6-3-1-2-4-7(6)11(9)10/h1-4H,(H,9,10)/p-1. The number of nitrogens with zero attached hydrogens (tertiary/aromatic N) is 1. The van der Waals surface area contributed by atoms with Crippen molar-refractivity contribution in [3.8, 4) is 6.07 Å². The molecule has 0 heterocycles. The predicted molar refractivity (Wildman–Crippen MR) is 38.3 cm³/mol. The Kier molecular flexibility index (Phi) is 2.36. The molecular weight excluding hydrogens is 162 g/mol. The van der Waals surface area contributed by atoms with Gasteiger partial charge in [-0.1, -0.05) is 12.1 Å². The maximum Gasteiger partial charge on any atom is 0.100 e. The molecule has 1 atom stereocenters. The molecule has 0 N–H and O–H groups in total. The lowest BCUT2D eigenvalue weighted by molar-refractivity contribution is 0.537. The van der Waals surface area contributed by atoms with Crippen LogP contribution in [0.25, 0.3) is 0 Å². The minimum Gasteiger partial charge on any atom is -0.768 e. The van der Waals surface area contributed by atoms with Gasteiger partial charge in [0, 0.05) is 4.90 Å². The molecule has 0 aliphatic heterocycles. The Morgan fingerprint density at radius 2 is 2.09 bits per heavy atom. The number of hydrogen-bond acceptors (Lipinski definition) is 3. The molecule has 0 bridgehead atoms. The Morgan fingerprint density at radius 1 is 1.45 bits per heavy atom. The quantitative estimate of drug-likeness (QED) is 0.579. The van der Waals surface area contributed by atoms with Gasteiger partial charge in [-0.3, -0.25) is 4.21 Å². The molecule has 0 fully saturated rings. The minimum atomic E-state index is -2.31. The lowest BCUT2D eigenvalue weighted by atomic mass is 10.2. The third-order valence-corrected chi connectivity index (χ3v) is 1.90. The summed E-state index contributed by atoms with van der Waals surface area (Å²) in [6, 6.07) is 7.83. The van der Waals surface area contributed by atoms with Gasteiger partial charge < -0.3 is 4.55 Å². The summed E-state index contributed by atoms with van der Waals surface area (Å²) < 4.78 is 20.9. The van der Waals surface area contributed by atoms with Crippen LogP contribution in [0.1, 0.15) is 5.56 Å². The van der Waals surface area contributed by atoms with Crippen LogP contribution in [0, 0.1) is 11.3 Å². The fraction of sp³-hybridized carbons (Fsp3) is 0.